The second kappa shape index (κ2) is 6.50. The maximum atomic E-state index is 11.5. The lowest BCUT2D eigenvalue weighted by Crippen LogP contribution is -2.13. The van der Waals surface area contributed by atoms with Gasteiger partial charge in [0.2, 0.25) is 11.7 Å². The highest BCUT2D eigenvalue weighted by molar-refractivity contribution is 5.93. The molecule has 0 saturated carbocycles. The molecule has 0 atom stereocenters. The van der Waals surface area contributed by atoms with E-state index in [0.717, 1.165) is 13.2 Å². The number of carbonyl (C=O) groups is 1. The van der Waals surface area contributed by atoms with Crippen LogP contribution in [0.15, 0.2) is 6.07 Å². The number of anilines is 1. The van der Waals surface area contributed by atoms with Crippen molar-refractivity contribution in [2.24, 2.45) is 0 Å². The SMILES string of the molecule is COCCOc1nc(N)c([N+](=O)[O-])cc1C(=O)OC. The van der Waals surface area contributed by atoms with Crippen molar-refractivity contribution in [3.8, 4) is 5.88 Å². The maximum absolute atomic E-state index is 11.5. The first kappa shape index (κ1) is 14.6. The summed E-state index contributed by atoms with van der Waals surface area (Å²) in [5, 5.41) is 10.7. The van der Waals surface area contributed by atoms with Crippen LogP contribution in [0.4, 0.5) is 11.5 Å². The first-order chi connectivity index (χ1) is 9.01. The van der Waals surface area contributed by atoms with Gasteiger partial charge in [0, 0.05) is 13.2 Å². The number of nitrogens with two attached hydrogens (primary N) is 1. The molecule has 104 valence electrons. The predicted molar refractivity (Wildman–Crippen MR) is 64.0 cm³/mol. The monoisotopic (exact) mass is 271 g/mol. The third kappa shape index (κ3) is 3.52. The highest BCUT2D eigenvalue weighted by Crippen LogP contribution is 2.27. The number of nitrogens with zero attached hydrogens (tertiary/aromatic N) is 2. The molecule has 1 rings (SSSR count). The summed E-state index contributed by atoms with van der Waals surface area (Å²) >= 11 is 0. The van der Waals surface area contributed by atoms with Gasteiger partial charge in [-0.05, 0) is 0 Å². The molecule has 0 aliphatic heterocycles. The molecular formula is C10H13N3O6. The second-order valence-electron chi connectivity index (χ2n) is 3.34. The average Bonchev–Trinajstić information content (AvgIpc) is 2.38. The van der Waals surface area contributed by atoms with Crippen molar-refractivity contribution in [1.29, 1.82) is 0 Å². The Morgan fingerprint density at radius 1 is 1.47 bits per heavy atom. The molecule has 0 aliphatic rings. The number of ether oxygens (including phenoxy) is 3. The Morgan fingerprint density at radius 2 is 2.16 bits per heavy atom. The molecule has 1 aromatic rings. The van der Waals surface area contributed by atoms with E-state index < -0.39 is 16.6 Å². The molecule has 0 fully saturated rings. The number of esters is 1. The summed E-state index contributed by atoms with van der Waals surface area (Å²) in [6.07, 6.45) is 0. The minimum absolute atomic E-state index is 0.116. The van der Waals surface area contributed by atoms with E-state index in [1.165, 1.54) is 7.11 Å². The van der Waals surface area contributed by atoms with Crippen LogP contribution in [0, 0.1) is 10.1 Å². The first-order valence-electron chi connectivity index (χ1n) is 5.16. The zero-order valence-corrected chi connectivity index (χ0v) is 10.4. The van der Waals surface area contributed by atoms with Crippen LogP contribution >= 0.6 is 0 Å². The Morgan fingerprint density at radius 3 is 2.68 bits per heavy atom. The molecule has 9 heteroatoms. The predicted octanol–water partition coefficient (Wildman–Crippen LogP) is 0.384. The number of hydrogen-bond donors (Lipinski definition) is 1. The van der Waals surface area contributed by atoms with Gasteiger partial charge in [-0.15, -0.1) is 0 Å². The summed E-state index contributed by atoms with van der Waals surface area (Å²) < 4.78 is 14.5. The molecule has 0 spiro atoms. The number of nitro groups is 1. The Balaban J connectivity index is 3.16. The zero-order valence-electron chi connectivity index (χ0n) is 10.4. The minimum atomic E-state index is -0.803. The molecular weight excluding hydrogens is 258 g/mol. The Bertz CT molecular complexity index is 490. The maximum Gasteiger partial charge on any atom is 0.343 e. The summed E-state index contributed by atoms with van der Waals surface area (Å²) in [7, 11) is 2.62. The van der Waals surface area contributed by atoms with Crippen molar-refractivity contribution < 1.29 is 23.9 Å². The molecule has 2 N–H and O–H groups in total. The van der Waals surface area contributed by atoms with Crippen molar-refractivity contribution in [2.45, 2.75) is 0 Å². The number of methoxy groups -OCH3 is 2. The zero-order chi connectivity index (χ0) is 14.4. The van der Waals surface area contributed by atoms with Crippen LogP contribution in [0.1, 0.15) is 10.4 Å². The van der Waals surface area contributed by atoms with Crippen LogP contribution < -0.4 is 10.5 Å². The molecule has 0 bridgehead atoms. The third-order valence-electron chi connectivity index (χ3n) is 2.12. The van der Waals surface area contributed by atoms with E-state index in [1.54, 1.807) is 0 Å². The van der Waals surface area contributed by atoms with Gasteiger partial charge in [-0.2, -0.15) is 4.98 Å². The molecule has 0 unspecified atom stereocenters. The molecule has 19 heavy (non-hydrogen) atoms. The third-order valence-corrected chi connectivity index (χ3v) is 2.12. The second-order valence-corrected chi connectivity index (χ2v) is 3.34. The van der Waals surface area contributed by atoms with E-state index in [2.05, 4.69) is 9.72 Å². The van der Waals surface area contributed by atoms with Crippen molar-refractivity contribution in [3.63, 3.8) is 0 Å². The van der Waals surface area contributed by atoms with Gasteiger partial charge in [0.25, 0.3) is 0 Å². The number of rotatable bonds is 6. The van der Waals surface area contributed by atoms with Crippen LogP contribution in [0.25, 0.3) is 0 Å². The first-order valence-corrected chi connectivity index (χ1v) is 5.16. The number of hydrogen-bond acceptors (Lipinski definition) is 8. The van der Waals surface area contributed by atoms with Crippen LogP contribution in [-0.2, 0) is 9.47 Å². The summed E-state index contributed by atoms with van der Waals surface area (Å²) in [6.45, 7) is 0.379. The Labute approximate surface area is 108 Å². The van der Waals surface area contributed by atoms with Crippen molar-refractivity contribution >= 4 is 17.5 Å². The highest BCUT2D eigenvalue weighted by Gasteiger charge is 2.23. The van der Waals surface area contributed by atoms with Crippen molar-refractivity contribution in [3.05, 3.63) is 21.7 Å². The molecule has 0 radical (unpaired) electrons. The number of aromatic nitrogens is 1. The van der Waals surface area contributed by atoms with Crippen molar-refractivity contribution in [2.75, 3.05) is 33.2 Å². The lowest BCUT2D eigenvalue weighted by Gasteiger charge is -2.09. The van der Waals surface area contributed by atoms with Gasteiger partial charge in [0.1, 0.15) is 12.2 Å². The standard InChI is InChI=1S/C10H13N3O6/c1-17-3-4-19-9-6(10(14)18-2)5-7(13(15)16)8(11)12-9/h5H,3-4H2,1-2H3,(H2,11,12). The van der Waals surface area contributed by atoms with Gasteiger partial charge >= 0.3 is 11.7 Å². The lowest BCUT2D eigenvalue weighted by atomic mass is 10.2. The lowest BCUT2D eigenvalue weighted by molar-refractivity contribution is -0.384. The number of pyridine rings is 1. The molecule has 0 aliphatic carbocycles. The molecule has 0 saturated heterocycles. The van der Waals surface area contributed by atoms with Gasteiger partial charge in [-0.3, -0.25) is 10.1 Å². The van der Waals surface area contributed by atoms with E-state index >= 15 is 0 Å². The molecule has 9 nitrogen and oxygen atoms in total. The van der Waals surface area contributed by atoms with Crippen LogP contribution in [0.2, 0.25) is 0 Å². The summed E-state index contributed by atoms with van der Waals surface area (Å²) in [5.41, 5.74) is 4.77. The summed E-state index contributed by atoms with van der Waals surface area (Å²) in [4.78, 5) is 25.2. The topological polar surface area (TPSA) is 127 Å². The van der Waals surface area contributed by atoms with Gasteiger partial charge in [-0.1, -0.05) is 0 Å². The largest absolute Gasteiger partial charge is 0.475 e. The smallest absolute Gasteiger partial charge is 0.343 e. The highest BCUT2D eigenvalue weighted by atomic mass is 16.6. The quantitative estimate of drug-likeness (QED) is 0.340. The fourth-order valence-electron chi connectivity index (χ4n) is 1.23. The molecule has 0 amide bonds. The van der Waals surface area contributed by atoms with E-state index in [1.807, 2.05) is 0 Å². The molecule has 1 heterocycles. The van der Waals surface area contributed by atoms with Gasteiger partial charge in [0.15, 0.2) is 0 Å². The van der Waals surface area contributed by atoms with Crippen LogP contribution in [-0.4, -0.2) is 43.3 Å². The van der Waals surface area contributed by atoms with Crippen molar-refractivity contribution in [1.82, 2.24) is 4.98 Å². The fraction of sp³-hybridized carbons (Fsp3) is 0.400. The minimum Gasteiger partial charge on any atom is -0.475 e. The van der Waals surface area contributed by atoms with Crippen LogP contribution in [0.3, 0.4) is 0 Å². The van der Waals surface area contributed by atoms with E-state index in [0.29, 0.717) is 0 Å². The van der Waals surface area contributed by atoms with Crippen LogP contribution in [0.5, 0.6) is 5.88 Å². The normalized spacial score (nSPS) is 10.0. The van der Waals surface area contributed by atoms with Gasteiger partial charge in [-0.25, -0.2) is 4.79 Å². The van der Waals surface area contributed by atoms with Gasteiger partial charge < -0.3 is 19.9 Å². The average molecular weight is 271 g/mol. The fourth-order valence-corrected chi connectivity index (χ4v) is 1.23. The molecule has 0 aromatic carbocycles. The number of carbonyl (C=O) groups excluding carboxylic acids is 1. The summed E-state index contributed by atoms with van der Waals surface area (Å²) in [6, 6.07) is 0.969. The molecule has 1 aromatic heterocycles. The van der Waals surface area contributed by atoms with E-state index in [-0.39, 0.29) is 30.5 Å². The Hall–Kier alpha value is -2.42. The van der Waals surface area contributed by atoms with Gasteiger partial charge in [0.05, 0.1) is 18.6 Å². The van der Waals surface area contributed by atoms with E-state index in [9.17, 15) is 14.9 Å². The number of nitrogen functional groups attached to an aromatic ring is 1. The van der Waals surface area contributed by atoms with E-state index in [4.69, 9.17) is 15.2 Å². The Kier molecular flexibility index (Phi) is 5.01. The summed E-state index contributed by atoms with van der Waals surface area (Å²) in [5.74, 6) is -1.28.